The maximum absolute atomic E-state index is 9.13. The molecule has 6 nitrogen and oxygen atoms in total. The van der Waals surface area contributed by atoms with Crippen molar-refractivity contribution in [3.8, 4) is 10.6 Å². The number of aliphatic hydroxyl groups is 1. The monoisotopic (exact) mass is 289 g/mol. The van der Waals surface area contributed by atoms with Crippen molar-refractivity contribution < 1.29 is 5.11 Å². The molecule has 3 heterocycles. The second kappa shape index (κ2) is 5.89. The van der Waals surface area contributed by atoms with Gasteiger partial charge in [0.15, 0.2) is 0 Å². The van der Waals surface area contributed by atoms with E-state index in [-0.39, 0.29) is 6.61 Å². The average molecular weight is 289 g/mol. The first-order valence-corrected chi connectivity index (χ1v) is 7.19. The molecule has 0 bridgehead atoms. The molecule has 0 aliphatic carbocycles. The molecule has 0 aromatic carbocycles. The van der Waals surface area contributed by atoms with Crippen molar-refractivity contribution in [2.24, 2.45) is 0 Å². The van der Waals surface area contributed by atoms with E-state index in [0.717, 1.165) is 22.1 Å². The summed E-state index contributed by atoms with van der Waals surface area (Å²) in [4.78, 5) is 1.12. The van der Waals surface area contributed by atoms with Crippen LogP contribution in [-0.2, 0) is 13.1 Å². The second-order valence-electron chi connectivity index (χ2n) is 4.27. The molecule has 3 aromatic heterocycles. The summed E-state index contributed by atoms with van der Waals surface area (Å²) in [5.41, 5.74) is 1.92. The number of nitrogens with one attached hydrogen (secondary N) is 2. The maximum atomic E-state index is 9.13. The van der Waals surface area contributed by atoms with Crippen LogP contribution in [-0.4, -0.2) is 31.7 Å². The molecular weight excluding hydrogens is 274 g/mol. The zero-order valence-corrected chi connectivity index (χ0v) is 11.6. The molecule has 0 fully saturated rings. The fourth-order valence-corrected chi connectivity index (χ4v) is 2.62. The number of rotatable bonds is 6. The molecule has 0 atom stereocenters. The van der Waals surface area contributed by atoms with Crippen molar-refractivity contribution in [2.45, 2.75) is 13.1 Å². The lowest BCUT2D eigenvalue weighted by Gasteiger charge is -2.07. The average Bonchev–Trinajstić information content (AvgIpc) is 3.19. The zero-order chi connectivity index (χ0) is 13.8. The van der Waals surface area contributed by atoms with Crippen LogP contribution in [0.3, 0.4) is 0 Å². The van der Waals surface area contributed by atoms with Gasteiger partial charge in [-0.3, -0.25) is 5.10 Å². The maximum Gasteiger partial charge on any atom is 0.125 e. The first-order valence-electron chi connectivity index (χ1n) is 6.31. The highest BCUT2D eigenvalue weighted by atomic mass is 32.1. The normalized spacial score (nSPS) is 10.8. The highest BCUT2D eigenvalue weighted by Crippen LogP contribution is 2.26. The SMILES string of the molecule is OCCn1nc(-c2cccs2)cc1NCc1ccn[nH]1. The minimum Gasteiger partial charge on any atom is -0.394 e. The van der Waals surface area contributed by atoms with E-state index in [9.17, 15) is 0 Å². The van der Waals surface area contributed by atoms with E-state index in [4.69, 9.17) is 5.11 Å². The van der Waals surface area contributed by atoms with Crippen LogP contribution in [0.4, 0.5) is 5.82 Å². The summed E-state index contributed by atoms with van der Waals surface area (Å²) in [5, 5.41) is 25.8. The van der Waals surface area contributed by atoms with Crippen LogP contribution >= 0.6 is 11.3 Å². The predicted molar refractivity (Wildman–Crippen MR) is 78.5 cm³/mol. The van der Waals surface area contributed by atoms with Crippen LogP contribution in [0.2, 0.25) is 0 Å². The molecule has 0 amide bonds. The number of H-pyrrole nitrogens is 1. The number of nitrogens with zero attached hydrogens (tertiary/aromatic N) is 3. The Morgan fingerprint density at radius 3 is 3.05 bits per heavy atom. The lowest BCUT2D eigenvalue weighted by atomic mass is 10.3. The van der Waals surface area contributed by atoms with Gasteiger partial charge in [0.2, 0.25) is 0 Å². The molecule has 0 radical (unpaired) electrons. The molecule has 0 saturated heterocycles. The number of thiophene rings is 1. The minimum absolute atomic E-state index is 0.0598. The molecule has 20 heavy (non-hydrogen) atoms. The van der Waals surface area contributed by atoms with Gasteiger partial charge >= 0.3 is 0 Å². The fourth-order valence-electron chi connectivity index (χ4n) is 1.94. The number of aliphatic hydroxyl groups excluding tert-OH is 1. The van der Waals surface area contributed by atoms with Crippen LogP contribution in [0.5, 0.6) is 0 Å². The Morgan fingerprint density at radius 1 is 1.40 bits per heavy atom. The van der Waals surface area contributed by atoms with E-state index < -0.39 is 0 Å². The van der Waals surface area contributed by atoms with Gasteiger partial charge in [-0.1, -0.05) is 6.07 Å². The van der Waals surface area contributed by atoms with Gasteiger partial charge in [-0.2, -0.15) is 10.2 Å². The summed E-state index contributed by atoms with van der Waals surface area (Å²) < 4.78 is 1.78. The van der Waals surface area contributed by atoms with Gasteiger partial charge in [-0.25, -0.2) is 4.68 Å². The van der Waals surface area contributed by atoms with E-state index in [1.807, 2.05) is 29.6 Å². The predicted octanol–water partition coefficient (Wildman–Crippen LogP) is 1.94. The van der Waals surface area contributed by atoms with Crippen molar-refractivity contribution >= 4 is 17.2 Å². The number of hydrogen-bond acceptors (Lipinski definition) is 5. The third-order valence-corrected chi connectivity index (χ3v) is 3.78. The van der Waals surface area contributed by atoms with E-state index in [0.29, 0.717) is 13.1 Å². The van der Waals surface area contributed by atoms with Gasteiger partial charge in [0.25, 0.3) is 0 Å². The Balaban J connectivity index is 1.80. The van der Waals surface area contributed by atoms with Crippen molar-refractivity contribution in [3.63, 3.8) is 0 Å². The molecule has 3 aromatic rings. The number of hydrogen-bond donors (Lipinski definition) is 3. The summed E-state index contributed by atoms with van der Waals surface area (Å²) in [5.74, 6) is 0.886. The molecule has 0 aliphatic rings. The van der Waals surface area contributed by atoms with E-state index in [1.54, 1.807) is 22.2 Å². The van der Waals surface area contributed by atoms with Crippen LogP contribution < -0.4 is 5.32 Å². The van der Waals surface area contributed by atoms with Gasteiger partial charge in [0.1, 0.15) is 11.5 Å². The highest BCUT2D eigenvalue weighted by molar-refractivity contribution is 7.13. The topological polar surface area (TPSA) is 78.8 Å². The van der Waals surface area contributed by atoms with E-state index in [1.165, 1.54) is 0 Å². The number of anilines is 1. The smallest absolute Gasteiger partial charge is 0.125 e. The van der Waals surface area contributed by atoms with Gasteiger partial charge in [-0.05, 0) is 17.5 Å². The van der Waals surface area contributed by atoms with Crippen LogP contribution in [0.15, 0.2) is 35.8 Å². The summed E-state index contributed by atoms with van der Waals surface area (Å²) in [6, 6.07) is 7.95. The number of aromatic nitrogens is 4. The summed E-state index contributed by atoms with van der Waals surface area (Å²) >= 11 is 1.65. The Bertz CT molecular complexity index is 644. The van der Waals surface area contributed by atoms with Gasteiger partial charge in [0.05, 0.1) is 30.3 Å². The first kappa shape index (κ1) is 12.9. The van der Waals surface area contributed by atoms with Crippen molar-refractivity contribution in [1.82, 2.24) is 20.0 Å². The third-order valence-electron chi connectivity index (χ3n) is 2.88. The van der Waals surface area contributed by atoms with E-state index in [2.05, 4.69) is 20.6 Å². The quantitative estimate of drug-likeness (QED) is 0.648. The Hall–Kier alpha value is -2.12. The second-order valence-corrected chi connectivity index (χ2v) is 5.22. The standard InChI is InChI=1S/C13H15N5OS/c19-6-5-18-13(14-9-10-3-4-15-16-10)8-11(17-18)12-2-1-7-20-12/h1-4,7-8,14,19H,5-6,9H2,(H,15,16). The Kier molecular flexibility index (Phi) is 3.80. The lowest BCUT2D eigenvalue weighted by Crippen LogP contribution is -2.10. The van der Waals surface area contributed by atoms with Crippen LogP contribution in [0.25, 0.3) is 10.6 Å². The lowest BCUT2D eigenvalue weighted by molar-refractivity contribution is 0.270. The summed E-state index contributed by atoms with van der Waals surface area (Å²) in [7, 11) is 0. The molecule has 0 saturated carbocycles. The molecule has 0 aliphatic heterocycles. The van der Waals surface area contributed by atoms with Gasteiger partial charge in [-0.15, -0.1) is 11.3 Å². The Morgan fingerprint density at radius 2 is 2.35 bits per heavy atom. The first-order chi connectivity index (χ1) is 9.86. The molecular formula is C13H15N5OS. The van der Waals surface area contributed by atoms with Gasteiger partial charge < -0.3 is 10.4 Å². The Labute approximate surface area is 120 Å². The van der Waals surface area contributed by atoms with Crippen molar-refractivity contribution in [2.75, 3.05) is 11.9 Å². The summed E-state index contributed by atoms with van der Waals surface area (Å²) in [6.07, 6.45) is 1.72. The zero-order valence-electron chi connectivity index (χ0n) is 10.8. The third kappa shape index (κ3) is 2.73. The largest absolute Gasteiger partial charge is 0.394 e. The van der Waals surface area contributed by atoms with Crippen LogP contribution in [0.1, 0.15) is 5.69 Å². The molecule has 0 unspecified atom stereocenters. The molecule has 3 rings (SSSR count). The fraction of sp³-hybridized carbons (Fsp3) is 0.231. The van der Waals surface area contributed by atoms with Gasteiger partial charge in [0, 0.05) is 12.3 Å². The molecule has 3 N–H and O–H groups in total. The van der Waals surface area contributed by atoms with Crippen molar-refractivity contribution in [3.05, 3.63) is 41.5 Å². The van der Waals surface area contributed by atoms with Crippen LogP contribution in [0, 0.1) is 0 Å². The number of aromatic amines is 1. The molecule has 0 spiro atoms. The molecule has 7 heteroatoms. The van der Waals surface area contributed by atoms with E-state index >= 15 is 0 Å². The molecule has 104 valence electrons. The minimum atomic E-state index is 0.0598. The summed E-state index contributed by atoms with van der Waals surface area (Å²) in [6.45, 7) is 1.17. The highest BCUT2D eigenvalue weighted by Gasteiger charge is 2.10. The van der Waals surface area contributed by atoms with Crippen molar-refractivity contribution in [1.29, 1.82) is 0 Å².